The van der Waals surface area contributed by atoms with Crippen molar-refractivity contribution >= 4 is 39.1 Å². The maximum absolute atomic E-state index is 12.2. The first kappa shape index (κ1) is 18.3. The van der Waals surface area contributed by atoms with Crippen LogP contribution in [-0.4, -0.2) is 38.1 Å². The van der Waals surface area contributed by atoms with Gasteiger partial charge in [-0.3, -0.25) is 14.5 Å². The van der Waals surface area contributed by atoms with Crippen molar-refractivity contribution in [2.24, 2.45) is 0 Å². The molecule has 0 aliphatic carbocycles. The average molecular weight is 418 g/mol. The lowest BCUT2D eigenvalue weighted by Crippen LogP contribution is -2.45. The van der Waals surface area contributed by atoms with E-state index >= 15 is 0 Å². The molecule has 2 N–H and O–H groups in total. The van der Waals surface area contributed by atoms with Crippen molar-refractivity contribution in [3.63, 3.8) is 0 Å². The molecule has 0 atom stereocenters. The van der Waals surface area contributed by atoms with Crippen LogP contribution in [0.4, 0.5) is 11.4 Å². The minimum absolute atomic E-state index is 0.0110. The van der Waals surface area contributed by atoms with E-state index in [4.69, 9.17) is 4.74 Å². The van der Waals surface area contributed by atoms with E-state index in [1.807, 2.05) is 36.4 Å². The van der Waals surface area contributed by atoms with E-state index in [9.17, 15) is 9.59 Å². The first-order chi connectivity index (χ1) is 12.6. The number of benzene rings is 2. The Morgan fingerprint density at radius 3 is 2.77 bits per heavy atom. The zero-order chi connectivity index (χ0) is 18.4. The molecule has 0 saturated heterocycles. The summed E-state index contributed by atoms with van der Waals surface area (Å²) in [5.41, 5.74) is 1.67. The van der Waals surface area contributed by atoms with Crippen molar-refractivity contribution in [3.05, 3.63) is 53.0 Å². The van der Waals surface area contributed by atoms with Gasteiger partial charge in [-0.15, -0.1) is 0 Å². The number of carbonyl (C=O) groups excluding carboxylic acids is 2. The van der Waals surface area contributed by atoms with Crippen LogP contribution in [0.2, 0.25) is 0 Å². The average Bonchev–Trinajstić information content (AvgIpc) is 2.64. The monoisotopic (exact) mass is 417 g/mol. The summed E-state index contributed by atoms with van der Waals surface area (Å²) < 4.78 is 6.28. The fraction of sp³-hybridized carbons (Fsp3) is 0.263. The van der Waals surface area contributed by atoms with Gasteiger partial charge in [0.2, 0.25) is 5.91 Å². The van der Waals surface area contributed by atoms with Crippen molar-refractivity contribution in [1.29, 1.82) is 0 Å². The lowest BCUT2D eigenvalue weighted by molar-refractivity contribution is -0.125. The molecule has 0 fully saturated rings. The van der Waals surface area contributed by atoms with Gasteiger partial charge < -0.3 is 15.4 Å². The zero-order valence-electron chi connectivity index (χ0n) is 14.2. The predicted octanol–water partition coefficient (Wildman–Crippen LogP) is 2.79. The molecular weight excluding hydrogens is 398 g/mol. The van der Waals surface area contributed by atoms with Crippen molar-refractivity contribution in [2.75, 3.05) is 36.5 Å². The fourth-order valence-electron chi connectivity index (χ4n) is 2.66. The molecule has 3 rings (SSSR count). The van der Waals surface area contributed by atoms with Crippen LogP contribution in [0.5, 0.6) is 5.75 Å². The normalized spacial score (nSPS) is 13.0. The number of anilines is 2. The van der Waals surface area contributed by atoms with E-state index in [-0.39, 0.29) is 25.0 Å². The van der Waals surface area contributed by atoms with Crippen LogP contribution in [0.25, 0.3) is 0 Å². The van der Waals surface area contributed by atoms with Gasteiger partial charge in [-0.05, 0) is 36.8 Å². The Morgan fingerprint density at radius 1 is 1.15 bits per heavy atom. The first-order valence-electron chi connectivity index (χ1n) is 8.42. The third-order valence-electron chi connectivity index (χ3n) is 3.95. The van der Waals surface area contributed by atoms with E-state index in [0.29, 0.717) is 18.0 Å². The Morgan fingerprint density at radius 2 is 1.96 bits per heavy atom. The smallest absolute Gasteiger partial charge is 0.265 e. The Balaban J connectivity index is 1.45. The van der Waals surface area contributed by atoms with Crippen molar-refractivity contribution in [1.82, 2.24) is 5.32 Å². The fourth-order valence-corrected chi connectivity index (χ4v) is 3.00. The highest BCUT2D eigenvalue weighted by atomic mass is 79.9. The minimum Gasteiger partial charge on any atom is -0.482 e. The van der Waals surface area contributed by atoms with Gasteiger partial charge in [-0.2, -0.15) is 0 Å². The molecule has 6 nitrogen and oxygen atoms in total. The number of halogens is 1. The summed E-state index contributed by atoms with van der Waals surface area (Å²) in [6, 6.07) is 15.3. The second-order valence-corrected chi connectivity index (χ2v) is 6.79. The van der Waals surface area contributed by atoms with E-state index in [0.717, 1.165) is 23.1 Å². The summed E-state index contributed by atoms with van der Waals surface area (Å²) in [5, 5.41) is 6.14. The summed E-state index contributed by atoms with van der Waals surface area (Å²) in [5.74, 6) is 0.188. The molecule has 0 spiro atoms. The number of nitrogens with zero attached hydrogens (tertiary/aromatic N) is 1. The van der Waals surface area contributed by atoms with Gasteiger partial charge in [0, 0.05) is 23.2 Å². The number of carbonyl (C=O) groups is 2. The van der Waals surface area contributed by atoms with Gasteiger partial charge in [0.15, 0.2) is 6.61 Å². The molecule has 0 bridgehead atoms. The standard InChI is InChI=1S/C19H20BrN3O3/c20-14-7-8-16-17(11-14)26-13-19(25)23(16)12-18(24)22-10-4-9-21-15-5-2-1-3-6-15/h1-3,5-8,11,21H,4,9-10,12-13H2,(H,22,24). The molecule has 1 heterocycles. The van der Waals surface area contributed by atoms with Crippen LogP contribution in [0.15, 0.2) is 53.0 Å². The van der Waals surface area contributed by atoms with Crippen LogP contribution >= 0.6 is 15.9 Å². The molecular formula is C19H20BrN3O3. The minimum atomic E-state index is -0.222. The van der Waals surface area contributed by atoms with Crippen LogP contribution in [-0.2, 0) is 9.59 Å². The molecule has 0 radical (unpaired) electrons. The molecule has 0 saturated carbocycles. The highest BCUT2D eigenvalue weighted by Crippen LogP contribution is 2.34. The molecule has 2 amide bonds. The van der Waals surface area contributed by atoms with E-state index in [1.54, 1.807) is 12.1 Å². The predicted molar refractivity (Wildman–Crippen MR) is 105 cm³/mol. The van der Waals surface area contributed by atoms with E-state index in [2.05, 4.69) is 26.6 Å². The SMILES string of the molecule is O=C(CN1C(=O)COc2cc(Br)ccc21)NCCCNc1ccccc1. The number of para-hydroxylation sites is 1. The summed E-state index contributed by atoms with van der Waals surface area (Å²) >= 11 is 3.37. The van der Waals surface area contributed by atoms with Crippen LogP contribution < -0.4 is 20.3 Å². The van der Waals surface area contributed by atoms with E-state index in [1.165, 1.54) is 4.90 Å². The highest BCUT2D eigenvalue weighted by Gasteiger charge is 2.27. The Labute approximate surface area is 160 Å². The van der Waals surface area contributed by atoms with Crippen LogP contribution in [0, 0.1) is 0 Å². The topological polar surface area (TPSA) is 70.7 Å². The maximum Gasteiger partial charge on any atom is 0.265 e. The van der Waals surface area contributed by atoms with Crippen LogP contribution in [0.1, 0.15) is 6.42 Å². The van der Waals surface area contributed by atoms with Gasteiger partial charge in [0.25, 0.3) is 5.91 Å². The Bertz CT molecular complexity index is 783. The van der Waals surface area contributed by atoms with Crippen molar-refractivity contribution in [3.8, 4) is 5.75 Å². The van der Waals surface area contributed by atoms with E-state index < -0.39 is 0 Å². The second kappa shape index (κ2) is 8.71. The first-order valence-corrected chi connectivity index (χ1v) is 9.21. The number of ether oxygens (including phenoxy) is 1. The third kappa shape index (κ3) is 4.76. The zero-order valence-corrected chi connectivity index (χ0v) is 15.8. The van der Waals surface area contributed by atoms with Gasteiger partial charge in [-0.1, -0.05) is 34.1 Å². The Hall–Kier alpha value is -2.54. The number of fused-ring (bicyclic) bond motifs is 1. The Kier molecular flexibility index (Phi) is 6.12. The number of hydrogen-bond acceptors (Lipinski definition) is 4. The molecule has 7 heteroatoms. The molecule has 26 heavy (non-hydrogen) atoms. The van der Waals surface area contributed by atoms with Gasteiger partial charge in [0.1, 0.15) is 12.3 Å². The molecule has 2 aromatic carbocycles. The summed E-state index contributed by atoms with van der Waals surface area (Å²) in [7, 11) is 0. The molecule has 0 unspecified atom stereocenters. The van der Waals surface area contributed by atoms with Crippen molar-refractivity contribution in [2.45, 2.75) is 6.42 Å². The summed E-state index contributed by atoms with van der Waals surface area (Å²) in [6.45, 7) is 1.24. The number of amides is 2. The highest BCUT2D eigenvalue weighted by molar-refractivity contribution is 9.10. The number of nitrogens with one attached hydrogen (secondary N) is 2. The quantitative estimate of drug-likeness (QED) is 0.679. The second-order valence-electron chi connectivity index (χ2n) is 5.88. The maximum atomic E-state index is 12.2. The summed E-state index contributed by atoms with van der Waals surface area (Å²) in [4.78, 5) is 25.8. The number of rotatable bonds is 7. The molecule has 0 aromatic heterocycles. The third-order valence-corrected chi connectivity index (χ3v) is 4.44. The van der Waals surface area contributed by atoms with Crippen LogP contribution in [0.3, 0.4) is 0 Å². The van der Waals surface area contributed by atoms with Crippen molar-refractivity contribution < 1.29 is 14.3 Å². The molecule has 2 aromatic rings. The van der Waals surface area contributed by atoms with Gasteiger partial charge >= 0.3 is 0 Å². The molecule has 1 aliphatic rings. The van der Waals surface area contributed by atoms with Gasteiger partial charge in [-0.25, -0.2) is 0 Å². The lowest BCUT2D eigenvalue weighted by atomic mass is 10.2. The summed E-state index contributed by atoms with van der Waals surface area (Å²) in [6.07, 6.45) is 0.793. The lowest BCUT2D eigenvalue weighted by Gasteiger charge is -2.29. The molecule has 136 valence electrons. The molecule has 1 aliphatic heterocycles. The van der Waals surface area contributed by atoms with Gasteiger partial charge in [0.05, 0.1) is 5.69 Å². The largest absolute Gasteiger partial charge is 0.482 e. The number of hydrogen-bond donors (Lipinski definition) is 2.